The van der Waals surface area contributed by atoms with E-state index in [1.807, 2.05) is 13.8 Å². The van der Waals surface area contributed by atoms with Crippen molar-refractivity contribution < 1.29 is 18.3 Å². The molecule has 1 heterocycles. The summed E-state index contributed by atoms with van der Waals surface area (Å²) in [6.07, 6.45) is -4.16. The normalized spacial score (nSPS) is 13.8. The zero-order valence-corrected chi connectivity index (χ0v) is 9.62. The molecule has 3 nitrogen and oxygen atoms in total. The minimum atomic E-state index is -4.37. The van der Waals surface area contributed by atoms with Crippen LogP contribution in [0.3, 0.4) is 0 Å². The lowest BCUT2D eigenvalue weighted by Crippen LogP contribution is -2.25. The molecule has 96 valence electrons. The maximum Gasteiger partial charge on any atom is 0.417 e. The average molecular weight is 248 g/mol. The maximum atomic E-state index is 12.2. The quantitative estimate of drug-likeness (QED) is 0.860. The monoisotopic (exact) mass is 248 g/mol. The molecule has 0 aliphatic carbocycles. The number of nitrogens with one attached hydrogen (secondary N) is 1. The first-order valence-electron chi connectivity index (χ1n) is 5.26. The summed E-state index contributed by atoms with van der Waals surface area (Å²) in [4.78, 5) is 3.63. The van der Waals surface area contributed by atoms with Gasteiger partial charge in [-0.2, -0.15) is 13.2 Å². The van der Waals surface area contributed by atoms with Gasteiger partial charge >= 0.3 is 6.18 Å². The zero-order valence-electron chi connectivity index (χ0n) is 9.62. The summed E-state index contributed by atoms with van der Waals surface area (Å²) in [7, 11) is 0. The van der Waals surface area contributed by atoms with Crippen LogP contribution in [0.4, 0.5) is 19.0 Å². The molecule has 1 unspecified atom stereocenters. The van der Waals surface area contributed by atoms with E-state index in [4.69, 9.17) is 0 Å². The van der Waals surface area contributed by atoms with Gasteiger partial charge in [-0.1, -0.05) is 13.8 Å². The molecule has 0 aliphatic rings. The highest BCUT2D eigenvalue weighted by molar-refractivity contribution is 5.36. The molecule has 1 aromatic rings. The summed E-state index contributed by atoms with van der Waals surface area (Å²) in [5.41, 5.74) is -0.785. The molecule has 0 spiro atoms. The molecule has 0 saturated heterocycles. The summed E-state index contributed by atoms with van der Waals surface area (Å²) in [5.74, 6) is 0.398. The van der Waals surface area contributed by atoms with Crippen LogP contribution in [-0.4, -0.2) is 22.7 Å². The van der Waals surface area contributed by atoms with Crippen LogP contribution in [0.1, 0.15) is 19.4 Å². The Labute approximate surface area is 97.7 Å². The van der Waals surface area contributed by atoms with E-state index in [0.29, 0.717) is 5.82 Å². The molecule has 0 bridgehead atoms. The highest BCUT2D eigenvalue weighted by Gasteiger charge is 2.30. The molecule has 0 aromatic carbocycles. The van der Waals surface area contributed by atoms with Crippen LogP contribution in [-0.2, 0) is 6.18 Å². The van der Waals surface area contributed by atoms with Crippen molar-refractivity contribution in [2.45, 2.75) is 26.1 Å². The summed E-state index contributed by atoms with van der Waals surface area (Å²) < 4.78 is 36.7. The fraction of sp³-hybridized carbons (Fsp3) is 0.545. The van der Waals surface area contributed by atoms with E-state index in [-0.39, 0.29) is 12.5 Å². The van der Waals surface area contributed by atoms with Crippen LogP contribution in [0, 0.1) is 5.92 Å². The number of aromatic nitrogens is 1. The van der Waals surface area contributed by atoms with Gasteiger partial charge in [0.25, 0.3) is 0 Å². The fourth-order valence-electron chi connectivity index (χ4n) is 1.11. The number of hydrogen-bond acceptors (Lipinski definition) is 3. The largest absolute Gasteiger partial charge is 0.417 e. The number of anilines is 1. The predicted molar refractivity (Wildman–Crippen MR) is 58.6 cm³/mol. The molecule has 1 atom stereocenters. The Hall–Kier alpha value is -1.30. The van der Waals surface area contributed by atoms with Crippen LogP contribution in [0.15, 0.2) is 18.3 Å². The summed E-state index contributed by atoms with van der Waals surface area (Å²) in [5, 5.41) is 12.3. The van der Waals surface area contributed by atoms with Crippen molar-refractivity contribution in [3.63, 3.8) is 0 Å². The molecule has 0 aliphatic heterocycles. The third-order valence-corrected chi connectivity index (χ3v) is 2.35. The van der Waals surface area contributed by atoms with Gasteiger partial charge in [-0.3, -0.25) is 0 Å². The molecular weight excluding hydrogens is 233 g/mol. The zero-order chi connectivity index (χ0) is 13.1. The van der Waals surface area contributed by atoms with Gasteiger partial charge in [0.2, 0.25) is 0 Å². The number of alkyl halides is 3. The van der Waals surface area contributed by atoms with Crippen molar-refractivity contribution in [3.8, 4) is 0 Å². The van der Waals surface area contributed by atoms with Gasteiger partial charge in [-0.05, 0) is 18.1 Å². The Bertz CT molecular complexity index is 349. The molecule has 2 N–H and O–H groups in total. The van der Waals surface area contributed by atoms with Gasteiger partial charge in [0.05, 0.1) is 11.7 Å². The third kappa shape index (κ3) is 4.22. The van der Waals surface area contributed by atoms with Crippen LogP contribution in [0.25, 0.3) is 0 Å². The number of aliphatic hydroxyl groups excluding tert-OH is 1. The molecule has 1 aromatic heterocycles. The van der Waals surface area contributed by atoms with Gasteiger partial charge in [0.15, 0.2) is 0 Å². The van der Waals surface area contributed by atoms with Gasteiger partial charge in [0, 0.05) is 12.7 Å². The maximum absolute atomic E-state index is 12.2. The second-order valence-electron chi connectivity index (χ2n) is 4.12. The summed E-state index contributed by atoms with van der Waals surface area (Å²) in [6, 6.07) is 2.20. The van der Waals surface area contributed by atoms with Crippen molar-refractivity contribution in [3.05, 3.63) is 23.9 Å². The lowest BCUT2D eigenvalue weighted by molar-refractivity contribution is -0.137. The highest BCUT2D eigenvalue weighted by Crippen LogP contribution is 2.28. The number of nitrogens with zero attached hydrogens (tertiary/aromatic N) is 1. The molecule has 0 amide bonds. The number of aliphatic hydroxyl groups is 1. The first-order valence-corrected chi connectivity index (χ1v) is 5.26. The van der Waals surface area contributed by atoms with Gasteiger partial charge < -0.3 is 10.4 Å². The fourth-order valence-corrected chi connectivity index (χ4v) is 1.11. The van der Waals surface area contributed by atoms with E-state index >= 15 is 0 Å². The van der Waals surface area contributed by atoms with Crippen molar-refractivity contribution in [1.82, 2.24) is 4.98 Å². The number of rotatable bonds is 4. The summed E-state index contributed by atoms with van der Waals surface area (Å²) >= 11 is 0. The van der Waals surface area contributed by atoms with E-state index in [0.717, 1.165) is 12.3 Å². The average Bonchev–Trinajstić information content (AvgIpc) is 2.25. The Morgan fingerprint density at radius 1 is 1.35 bits per heavy atom. The molecule has 6 heteroatoms. The van der Waals surface area contributed by atoms with E-state index < -0.39 is 17.8 Å². The molecule has 17 heavy (non-hydrogen) atoms. The SMILES string of the molecule is CC(C)C(O)CNc1ccc(C(F)(F)F)cn1. The van der Waals surface area contributed by atoms with Crippen molar-refractivity contribution in [2.75, 3.05) is 11.9 Å². The van der Waals surface area contributed by atoms with E-state index in [2.05, 4.69) is 10.3 Å². The van der Waals surface area contributed by atoms with Gasteiger partial charge in [-0.25, -0.2) is 4.98 Å². The minimum absolute atomic E-state index is 0.0805. The molecule has 0 fully saturated rings. The van der Waals surface area contributed by atoms with Crippen LogP contribution < -0.4 is 5.32 Å². The van der Waals surface area contributed by atoms with Crippen LogP contribution in [0.2, 0.25) is 0 Å². The van der Waals surface area contributed by atoms with Gasteiger partial charge in [-0.15, -0.1) is 0 Å². The number of halogens is 3. The molecule has 0 saturated carbocycles. The number of hydrogen-bond donors (Lipinski definition) is 2. The van der Waals surface area contributed by atoms with Gasteiger partial charge in [0.1, 0.15) is 5.82 Å². The van der Waals surface area contributed by atoms with Crippen molar-refractivity contribution >= 4 is 5.82 Å². The van der Waals surface area contributed by atoms with Crippen molar-refractivity contribution in [1.29, 1.82) is 0 Å². The van der Waals surface area contributed by atoms with Crippen molar-refractivity contribution in [2.24, 2.45) is 5.92 Å². The second-order valence-corrected chi connectivity index (χ2v) is 4.12. The Morgan fingerprint density at radius 3 is 2.41 bits per heavy atom. The molecular formula is C11H15F3N2O. The topological polar surface area (TPSA) is 45.1 Å². The summed E-state index contributed by atoms with van der Waals surface area (Å²) in [6.45, 7) is 3.97. The predicted octanol–water partition coefficient (Wildman–Crippen LogP) is 2.53. The molecule has 1 rings (SSSR count). The smallest absolute Gasteiger partial charge is 0.391 e. The van der Waals surface area contributed by atoms with E-state index in [9.17, 15) is 18.3 Å². The Balaban J connectivity index is 2.57. The number of pyridine rings is 1. The standard InChI is InChI=1S/C11H15F3N2O/c1-7(2)9(17)6-16-10-4-3-8(5-15-10)11(12,13)14/h3-5,7,9,17H,6H2,1-2H3,(H,15,16). The third-order valence-electron chi connectivity index (χ3n) is 2.35. The second kappa shape index (κ2) is 5.35. The van der Waals surface area contributed by atoms with Crippen LogP contribution >= 0.6 is 0 Å². The molecule has 0 radical (unpaired) electrons. The minimum Gasteiger partial charge on any atom is -0.391 e. The highest BCUT2D eigenvalue weighted by atomic mass is 19.4. The Morgan fingerprint density at radius 2 is 2.00 bits per heavy atom. The van der Waals surface area contributed by atoms with E-state index in [1.165, 1.54) is 6.07 Å². The Kier molecular flexibility index (Phi) is 4.34. The first kappa shape index (κ1) is 13.8. The lowest BCUT2D eigenvalue weighted by Gasteiger charge is -2.15. The first-order chi connectivity index (χ1) is 7.80. The van der Waals surface area contributed by atoms with E-state index in [1.54, 1.807) is 0 Å². The lowest BCUT2D eigenvalue weighted by atomic mass is 10.1. The van der Waals surface area contributed by atoms with Crippen LogP contribution in [0.5, 0.6) is 0 Å².